The van der Waals surface area contributed by atoms with E-state index in [0.29, 0.717) is 41.7 Å². The molecule has 0 saturated heterocycles. The van der Waals surface area contributed by atoms with Gasteiger partial charge in [0.05, 0.1) is 24.1 Å². The van der Waals surface area contributed by atoms with Gasteiger partial charge in [-0.1, -0.05) is 56.3 Å². The number of benzene rings is 3. The summed E-state index contributed by atoms with van der Waals surface area (Å²) in [6.45, 7) is 4.80. The molecule has 0 fully saturated rings. The Hall–Kier alpha value is -4.40. The first kappa shape index (κ1) is 26.7. The summed E-state index contributed by atoms with van der Waals surface area (Å²) in [5.74, 6) is 1.35. The molecule has 2 heterocycles. The molecule has 0 radical (unpaired) electrons. The number of methoxy groups -OCH3 is 1. The molecule has 0 aliphatic heterocycles. The van der Waals surface area contributed by atoms with E-state index in [2.05, 4.69) is 20.3 Å². The van der Waals surface area contributed by atoms with Gasteiger partial charge in [0.25, 0.3) is 5.91 Å². The summed E-state index contributed by atoms with van der Waals surface area (Å²) in [5.41, 5.74) is 3.44. The first-order valence-corrected chi connectivity index (χ1v) is 12.6. The smallest absolute Gasteiger partial charge is 0.255 e. The number of carbonyl (C=O) groups is 1. The molecule has 38 heavy (non-hydrogen) atoms. The Bertz CT molecular complexity index is 1480. The molecule has 0 aliphatic carbocycles. The summed E-state index contributed by atoms with van der Waals surface area (Å²) < 4.78 is 11.2. The predicted molar refractivity (Wildman–Crippen MR) is 148 cm³/mol. The van der Waals surface area contributed by atoms with Crippen molar-refractivity contribution in [2.24, 2.45) is 0 Å². The second-order valence-corrected chi connectivity index (χ2v) is 8.26. The fourth-order valence-corrected chi connectivity index (χ4v) is 4.06. The quantitative estimate of drug-likeness (QED) is 0.186. The maximum Gasteiger partial charge on any atom is 0.255 e. The van der Waals surface area contributed by atoms with Gasteiger partial charge in [-0.15, -0.1) is 0 Å². The van der Waals surface area contributed by atoms with Crippen LogP contribution in [0.1, 0.15) is 41.6 Å². The average molecular weight is 513 g/mol. The zero-order valence-electron chi connectivity index (χ0n) is 21.7. The lowest BCUT2D eigenvalue weighted by Gasteiger charge is -2.13. The molecule has 0 saturated carbocycles. The van der Waals surface area contributed by atoms with Gasteiger partial charge in [-0.2, -0.15) is 0 Å². The molecule has 1 amide bonds. The Kier molecular flexibility index (Phi) is 8.92. The van der Waals surface area contributed by atoms with Crippen LogP contribution in [0.2, 0.25) is 0 Å². The highest BCUT2D eigenvalue weighted by molar-refractivity contribution is 6.09. The molecule has 3 aromatic carbocycles. The van der Waals surface area contributed by atoms with Crippen LogP contribution in [0.4, 0.5) is 0 Å². The number of aliphatic hydroxyl groups excluding tert-OH is 1. The number of rotatable bonds is 9. The van der Waals surface area contributed by atoms with E-state index in [4.69, 9.17) is 9.47 Å². The standard InChI is InChI=1S/C28H26N4O4.C2H6/c1-35-15-14-30-28(34)25-21-12-13-29-22(21)10-11-24(25)36-20-9-5-8-19(16-20)27-31-17-23(32-27)26(33)18-6-3-2-4-7-18;1-2/h2-13,16-17,26,29,33H,14-15H2,1H3,(H,30,34)(H,31,32);1-2H3. The lowest BCUT2D eigenvalue weighted by molar-refractivity contribution is 0.0936. The summed E-state index contributed by atoms with van der Waals surface area (Å²) in [6.07, 6.45) is 2.61. The third-order valence-corrected chi connectivity index (χ3v) is 5.86. The number of nitrogens with one attached hydrogen (secondary N) is 3. The summed E-state index contributed by atoms with van der Waals surface area (Å²) in [7, 11) is 1.59. The fourth-order valence-electron chi connectivity index (χ4n) is 4.06. The van der Waals surface area contributed by atoms with Crippen LogP contribution < -0.4 is 10.1 Å². The van der Waals surface area contributed by atoms with Crippen molar-refractivity contribution in [3.63, 3.8) is 0 Å². The minimum atomic E-state index is -0.806. The predicted octanol–water partition coefficient (Wildman–Crippen LogP) is 5.83. The number of aromatic nitrogens is 3. The van der Waals surface area contributed by atoms with Crippen LogP contribution in [0.25, 0.3) is 22.3 Å². The highest BCUT2D eigenvalue weighted by Gasteiger charge is 2.19. The Morgan fingerprint density at radius 3 is 2.66 bits per heavy atom. The van der Waals surface area contributed by atoms with Gasteiger partial charge in [0, 0.05) is 36.3 Å². The molecule has 8 nitrogen and oxygen atoms in total. The van der Waals surface area contributed by atoms with Crippen LogP contribution in [0.3, 0.4) is 0 Å². The molecule has 5 aromatic rings. The van der Waals surface area contributed by atoms with E-state index >= 15 is 0 Å². The van der Waals surface area contributed by atoms with Crippen molar-refractivity contribution >= 4 is 16.8 Å². The van der Waals surface area contributed by atoms with Crippen molar-refractivity contribution < 1.29 is 19.4 Å². The van der Waals surface area contributed by atoms with E-state index in [-0.39, 0.29) is 5.91 Å². The molecule has 5 rings (SSSR count). The van der Waals surface area contributed by atoms with Gasteiger partial charge in [-0.25, -0.2) is 4.98 Å². The minimum absolute atomic E-state index is 0.242. The zero-order chi connectivity index (χ0) is 26.9. The largest absolute Gasteiger partial charge is 0.456 e. The Labute approximate surface area is 221 Å². The molecular formula is C30H32N4O4. The maximum absolute atomic E-state index is 13.0. The van der Waals surface area contributed by atoms with Crippen molar-refractivity contribution in [1.82, 2.24) is 20.3 Å². The number of nitrogens with zero attached hydrogens (tertiary/aromatic N) is 1. The molecule has 1 atom stereocenters. The van der Waals surface area contributed by atoms with Gasteiger partial charge >= 0.3 is 0 Å². The zero-order valence-corrected chi connectivity index (χ0v) is 21.7. The third kappa shape index (κ3) is 5.94. The number of carbonyl (C=O) groups excluding carboxylic acids is 1. The summed E-state index contributed by atoms with van der Waals surface area (Å²) in [5, 5.41) is 14.3. The molecule has 0 aliphatic rings. The summed E-state index contributed by atoms with van der Waals surface area (Å²) >= 11 is 0. The highest BCUT2D eigenvalue weighted by Crippen LogP contribution is 2.33. The number of amides is 1. The SMILES string of the molecule is CC.COCCNC(=O)c1c(Oc2cccc(-c3ncc(C(O)c4ccccc4)[nH]3)c2)ccc2[nH]ccc12. The van der Waals surface area contributed by atoms with E-state index in [9.17, 15) is 9.90 Å². The molecular weight excluding hydrogens is 480 g/mol. The van der Waals surface area contributed by atoms with Crippen molar-refractivity contribution in [2.75, 3.05) is 20.3 Å². The minimum Gasteiger partial charge on any atom is -0.456 e. The summed E-state index contributed by atoms with van der Waals surface area (Å²) in [6, 6.07) is 22.3. The van der Waals surface area contributed by atoms with Crippen LogP contribution >= 0.6 is 0 Å². The van der Waals surface area contributed by atoms with Crippen molar-refractivity contribution in [2.45, 2.75) is 20.0 Å². The van der Waals surface area contributed by atoms with Gasteiger partial charge in [0.1, 0.15) is 23.4 Å². The maximum atomic E-state index is 13.0. The molecule has 0 spiro atoms. The van der Waals surface area contributed by atoms with Gasteiger partial charge in [0.15, 0.2) is 0 Å². The molecule has 8 heteroatoms. The summed E-state index contributed by atoms with van der Waals surface area (Å²) in [4.78, 5) is 23.8. The van der Waals surface area contributed by atoms with Gasteiger partial charge in [-0.05, 0) is 35.9 Å². The van der Waals surface area contributed by atoms with Crippen molar-refractivity contribution in [3.05, 3.63) is 102 Å². The van der Waals surface area contributed by atoms with E-state index in [1.165, 1.54) is 0 Å². The number of aliphatic hydroxyl groups is 1. The second-order valence-electron chi connectivity index (χ2n) is 8.26. The highest BCUT2D eigenvalue weighted by atomic mass is 16.5. The number of H-pyrrole nitrogens is 2. The molecule has 4 N–H and O–H groups in total. The van der Waals surface area contributed by atoms with Gasteiger partial charge in [0.2, 0.25) is 0 Å². The third-order valence-electron chi connectivity index (χ3n) is 5.86. The first-order chi connectivity index (χ1) is 18.6. The topological polar surface area (TPSA) is 112 Å². The number of aromatic amines is 2. The van der Waals surface area contributed by atoms with E-state index in [0.717, 1.165) is 22.0 Å². The molecule has 2 aromatic heterocycles. The van der Waals surface area contributed by atoms with Crippen LogP contribution in [-0.2, 0) is 4.74 Å². The van der Waals surface area contributed by atoms with E-state index < -0.39 is 6.10 Å². The Balaban J connectivity index is 0.00000164. The van der Waals surface area contributed by atoms with E-state index in [1.54, 1.807) is 25.6 Å². The monoisotopic (exact) mass is 512 g/mol. The molecule has 196 valence electrons. The van der Waals surface area contributed by atoms with Crippen LogP contribution in [0, 0.1) is 0 Å². The Morgan fingerprint density at radius 2 is 1.87 bits per heavy atom. The lowest BCUT2D eigenvalue weighted by Crippen LogP contribution is -2.27. The normalized spacial score (nSPS) is 11.5. The van der Waals surface area contributed by atoms with Crippen LogP contribution in [0.5, 0.6) is 11.5 Å². The number of hydrogen-bond acceptors (Lipinski definition) is 5. The van der Waals surface area contributed by atoms with Crippen LogP contribution in [-0.4, -0.2) is 46.2 Å². The van der Waals surface area contributed by atoms with Crippen molar-refractivity contribution in [1.29, 1.82) is 0 Å². The average Bonchev–Trinajstić information content (AvgIpc) is 3.65. The fraction of sp³-hybridized carbons (Fsp3) is 0.200. The lowest BCUT2D eigenvalue weighted by atomic mass is 10.1. The van der Waals surface area contributed by atoms with E-state index in [1.807, 2.05) is 80.6 Å². The number of imidazole rings is 1. The molecule has 1 unspecified atom stereocenters. The number of fused-ring (bicyclic) bond motifs is 1. The number of ether oxygens (including phenoxy) is 2. The second kappa shape index (κ2) is 12.7. The van der Waals surface area contributed by atoms with Gasteiger partial charge < -0.3 is 29.9 Å². The molecule has 0 bridgehead atoms. The van der Waals surface area contributed by atoms with Gasteiger partial charge in [-0.3, -0.25) is 4.79 Å². The van der Waals surface area contributed by atoms with Crippen molar-refractivity contribution in [3.8, 4) is 22.9 Å². The van der Waals surface area contributed by atoms with Crippen LogP contribution in [0.15, 0.2) is 85.2 Å². The first-order valence-electron chi connectivity index (χ1n) is 12.6. The Morgan fingerprint density at radius 1 is 1.05 bits per heavy atom. The number of hydrogen-bond donors (Lipinski definition) is 4.